The number of amides is 2. The van der Waals surface area contributed by atoms with E-state index in [1.165, 1.54) is 12.8 Å². The molecule has 0 radical (unpaired) electrons. The molecule has 3 unspecified atom stereocenters. The van der Waals surface area contributed by atoms with Crippen LogP contribution in [0.25, 0.3) is 0 Å². The Labute approximate surface area is 125 Å². The summed E-state index contributed by atoms with van der Waals surface area (Å²) in [4.78, 5) is 27.8. The number of fused-ring (bicyclic) bond motifs is 2. The maximum absolute atomic E-state index is 12.3. The second kappa shape index (κ2) is 5.83. The highest BCUT2D eigenvalue weighted by Gasteiger charge is 2.51. The lowest BCUT2D eigenvalue weighted by Crippen LogP contribution is -2.46. The Hall–Kier alpha value is -1.30. The third-order valence-electron chi connectivity index (χ3n) is 5.23. The van der Waals surface area contributed by atoms with E-state index in [-0.39, 0.29) is 24.0 Å². The average Bonchev–Trinajstić information content (AvgIpc) is 3.13. The van der Waals surface area contributed by atoms with Gasteiger partial charge in [0.2, 0.25) is 0 Å². The largest absolute Gasteiger partial charge is 0.481 e. The van der Waals surface area contributed by atoms with E-state index >= 15 is 0 Å². The van der Waals surface area contributed by atoms with Crippen LogP contribution in [0.5, 0.6) is 0 Å². The van der Waals surface area contributed by atoms with Crippen LogP contribution in [-0.4, -0.2) is 64.7 Å². The van der Waals surface area contributed by atoms with Gasteiger partial charge in [-0.2, -0.15) is 0 Å². The third-order valence-corrected chi connectivity index (χ3v) is 5.23. The third kappa shape index (κ3) is 2.86. The van der Waals surface area contributed by atoms with E-state index in [2.05, 4.69) is 17.1 Å². The molecule has 3 rings (SSSR count). The number of nitrogens with one attached hydrogen (secondary N) is 1. The van der Waals surface area contributed by atoms with Crippen LogP contribution in [0.1, 0.15) is 39.0 Å². The maximum Gasteiger partial charge on any atom is 0.317 e. The zero-order valence-corrected chi connectivity index (χ0v) is 12.6. The molecular weight excluding hydrogens is 270 g/mol. The molecule has 0 aromatic heterocycles. The summed E-state index contributed by atoms with van der Waals surface area (Å²) in [6.45, 7) is 4.71. The summed E-state index contributed by atoms with van der Waals surface area (Å²) in [6.07, 6.45) is 4.95. The minimum Gasteiger partial charge on any atom is -0.481 e. The molecule has 1 saturated carbocycles. The first-order valence-corrected chi connectivity index (χ1v) is 8.14. The lowest BCUT2D eigenvalue weighted by molar-refractivity contribution is -0.142. The molecule has 2 heterocycles. The van der Waals surface area contributed by atoms with Crippen LogP contribution in [0.3, 0.4) is 0 Å². The summed E-state index contributed by atoms with van der Waals surface area (Å²) in [5.74, 6) is -1.13. The van der Waals surface area contributed by atoms with Gasteiger partial charge in [0.05, 0.1) is 5.92 Å². The second-order valence-electron chi connectivity index (χ2n) is 6.48. The van der Waals surface area contributed by atoms with Crippen molar-refractivity contribution < 1.29 is 14.7 Å². The maximum atomic E-state index is 12.3. The highest BCUT2D eigenvalue weighted by Crippen LogP contribution is 2.41. The first-order chi connectivity index (χ1) is 10.1. The number of hydrogen-bond acceptors (Lipinski definition) is 3. The normalized spacial score (nSPS) is 31.0. The number of carboxylic acids is 1. The number of nitrogens with zero attached hydrogens (tertiary/aromatic N) is 2. The summed E-state index contributed by atoms with van der Waals surface area (Å²) in [5.41, 5.74) is 0. The van der Waals surface area contributed by atoms with Crippen molar-refractivity contribution in [3.63, 3.8) is 0 Å². The van der Waals surface area contributed by atoms with Crippen LogP contribution in [-0.2, 0) is 4.79 Å². The van der Waals surface area contributed by atoms with E-state index in [0.717, 1.165) is 25.9 Å². The molecule has 118 valence electrons. The molecule has 3 fully saturated rings. The molecule has 1 aliphatic carbocycles. The minimum absolute atomic E-state index is 0.0712. The summed E-state index contributed by atoms with van der Waals surface area (Å²) in [5, 5.41) is 12.2. The number of aliphatic carboxylic acids is 1. The molecular formula is C15H25N3O3. The van der Waals surface area contributed by atoms with Gasteiger partial charge in [-0.1, -0.05) is 6.92 Å². The second-order valence-corrected chi connectivity index (χ2v) is 6.48. The predicted octanol–water partition coefficient (Wildman–Crippen LogP) is 1.12. The Morgan fingerprint density at radius 3 is 2.62 bits per heavy atom. The summed E-state index contributed by atoms with van der Waals surface area (Å²) >= 11 is 0. The van der Waals surface area contributed by atoms with Crippen molar-refractivity contribution in [2.45, 2.75) is 57.2 Å². The zero-order valence-electron chi connectivity index (χ0n) is 12.6. The minimum atomic E-state index is -0.758. The molecule has 6 heteroatoms. The fourth-order valence-electron chi connectivity index (χ4n) is 4.01. The molecule has 0 aromatic rings. The van der Waals surface area contributed by atoms with Gasteiger partial charge in [0.15, 0.2) is 0 Å². The van der Waals surface area contributed by atoms with Crippen molar-refractivity contribution >= 4 is 12.0 Å². The van der Waals surface area contributed by atoms with E-state index in [1.807, 2.05) is 0 Å². The fraction of sp³-hybridized carbons (Fsp3) is 0.867. The quantitative estimate of drug-likeness (QED) is 0.770. The van der Waals surface area contributed by atoms with Crippen LogP contribution in [0.4, 0.5) is 4.79 Å². The Balaban J connectivity index is 1.48. The highest BCUT2D eigenvalue weighted by molar-refractivity contribution is 5.79. The van der Waals surface area contributed by atoms with E-state index in [0.29, 0.717) is 19.0 Å². The lowest BCUT2D eigenvalue weighted by Gasteiger charge is -2.25. The molecule has 2 aliphatic heterocycles. The van der Waals surface area contributed by atoms with Crippen molar-refractivity contribution in [3.05, 3.63) is 0 Å². The molecule has 3 aliphatic rings. The number of rotatable bonds is 6. The first kappa shape index (κ1) is 14.6. The van der Waals surface area contributed by atoms with Gasteiger partial charge in [-0.05, 0) is 38.6 Å². The Morgan fingerprint density at radius 2 is 2.05 bits per heavy atom. The number of urea groups is 1. The molecule has 0 spiro atoms. The molecule has 2 amide bonds. The molecule has 2 N–H and O–H groups in total. The van der Waals surface area contributed by atoms with Crippen LogP contribution >= 0.6 is 0 Å². The van der Waals surface area contributed by atoms with Crippen molar-refractivity contribution in [1.29, 1.82) is 0 Å². The standard InChI is InChI=1S/C15H25N3O3/c1-2-17(10-3-4-10)8-7-16-15(21)18-11-5-6-13(18)12(9-11)14(19)20/h10-13H,2-9H2,1H3,(H,16,21)(H,19,20). The summed E-state index contributed by atoms with van der Waals surface area (Å²) in [7, 11) is 0. The fourth-order valence-corrected chi connectivity index (χ4v) is 4.01. The average molecular weight is 295 g/mol. The molecule has 2 saturated heterocycles. The van der Waals surface area contributed by atoms with E-state index in [9.17, 15) is 14.7 Å². The smallest absolute Gasteiger partial charge is 0.317 e. The lowest BCUT2D eigenvalue weighted by atomic mass is 9.89. The predicted molar refractivity (Wildman–Crippen MR) is 78.1 cm³/mol. The van der Waals surface area contributed by atoms with Crippen molar-refractivity contribution in [3.8, 4) is 0 Å². The molecule has 21 heavy (non-hydrogen) atoms. The van der Waals surface area contributed by atoms with Crippen LogP contribution in [0.15, 0.2) is 0 Å². The number of carboxylic acid groups (broad SMARTS) is 1. The molecule has 6 nitrogen and oxygen atoms in total. The SMILES string of the molecule is CCN(CCNC(=O)N1C2CCC1C(C(=O)O)C2)C1CC1. The van der Waals surface area contributed by atoms with Gasteiger partial charge in [-0.3, -0.25) is 9.69 Å². The Kier molecular flexibility index (Phi) is 4.06. The van der Waals surface area contributed by atoms with Crippen molar-refractivity contribution in [2.75, 3.05) is 19.6 Å². The summed E-state index contributed by atoms with van der Waals surface area (Å²) in [6, 6.07) is 0.671. The van der Waals surface area contributed by atoms with E-state index in [4.69, 9.17) is 0 Å². The number of carbonyl (C=O) groups excluding carboxylic acids is 1. The van der Waals surface area contributed by atoms with Gasteiger partial charge in [0.1, 0.15) is 0 Å². The molecule has 2 bridgehead atoms. The molecule has 3 atom stereocenters. The van der Waals surface area contributed by atoms with Crippen LogP contribution in [0, 0.1) is 5.92 Å². The highest BCUT2D eigenvalue weighted by atomic mass is 16.4. The monoisotopic (exact) mass is 295 g/mol. The van der Waals surface area contributed by atoms with Gasteiger partial charge >= 0.3 is 12.0 Å². The van der Waals surface area contributed by atoms with E-state index in [1.54, 1.807) is 4.90 Å². The van der Waals surface area contributed by atoms with Crippen LogP contribution in [0.2, 0.25) is 0 Å². The van der Waals surface area contributed by atoms with Crippen molar-refractivity contribution in [2.24, 2.45) is 5.92 Å². The van der Waals surface area contributed by atoms with E-state index < -0.39 is 5.97 Å². The zero-order chi connectivity index (χ0) is 15.0. The van der Waals surface area contributed by atoms with Gasteiger partial charge in [-0.15, -0.1) is 0 Å². The Bertz CT molecular complexity index is 424. The molecule has 0 aromatic carbocycles. The van der Waals surface area contributed by atoms with Gasteiger partial charge in [0.25, 0.3) is 0 Å². The number of likely N-dealkylation sites (N-methyl/N-ethyl adjacent to an activating group) is 1. The number of carbonyl (C=O) groups is 2. The number of hydrogen-bond donors (Lipinski definition) is 2. The Morgan fingerprint density at radius 1 is 1.29 bits per heavy atom. The van der Waals surface area contributed by atoms with Gasteiger partial charge < -0.3 is 15.3 Å². The van der Waals surface area contributed by atoms with Crippen LogP contribution < -0.4 is 5.32 Å². The summed E-state index contributed by atoms with van der Waals surface area (Å²) < 4.78 is 0. The topological polar surface area (TPSA) is 72.9 Å². The van der Waals surface area contributed by atoms with Gasteiger partial charge in [-0.25, -0.2) is 4.79 Å². The van der Waals surface area contributed by atoms with Crippen molar-refractivity contribution in [1.82, 2.24) is 15.1 Å². The van der Waals surface area contributed by atoms with Gasteiger partial charge in [0, 0.05) is 31.2 Å². The first-order valence-electron chi connectivity index (χ1n) is 8.14.